The first-order chi connectivity index (χ1) is 16.5. The number of carbonyl (C=O) groups is 1. The summed E-state index contributed by atoms with van der Waals surface area (Å²) in [5.74, 6) is 0.936. The van der Waals surface area contributed by atoms with Gasteiger partial charge in [-0.2, -0.15) is 0 Å². The van der Waals surface area contributed by atoms with Crippen LogP contribution in [0.4, 0.5) is 5.82 Å². The number of anilines is 1. The third kappa shape index (κ3) is 4.19. The normalized spacial score (nSPS) is 14.7. The number of pyridine rings is 1. The molecular weight excluding hydrogens is 448 g/mol. The quantitative estimate of drug-likeness (QED) is 0.333. The standard InChI is InChI=1S/C28H25ClN2O3/c1-2-33-27(32)16-17-6-3-4-9-25(17)34-26-11-10-21-23(26)14-18(15-24(21)29)19-7-5-8-22-20(19)12-13-31-28(22)30/h3-9,12-15,26H,2,10-11,16H2,1H3,(H2,30,31). The number of rotatable bonds is 6. The van der Waals surface area contributed by atoms with E-state index in [1.54, 1.807) is 13.1 Å². The molecular formula is C28H25ClN2O3. The van der Waals surface area contributed by atoms with Crippen LogP contribution in [0.25, 0.3) is 21.9 Å². The van der Waals surface area contributed by atoms with Gasteiger partial charge in [-0.3, -0.25) is 4.79 Å². The first-order valence-corrected chi connectivity index (χ1v) is 11.8. The summed E-state index contributed by atoms with van der Waals surface area (Å²) in [6.07, 6.45) is 3.40. The van der Waals surface area contributed by atoms with Crippen LogP contribution in [0.5, 0.6) is 5.75 Å². The number of aromatic nitrogens is 1. The molecule has 5 rings (SSSR count). The second kappa shape index (κ2) is 9.35. The molecule has 1 aromatic heterocycles. The summed E-state index contributed by atoms with van der Waals surface area (Å²) in [4.78, 5) is 16.3. The summed E-state index contributed by atoms with van der Waals surface area (Å²) >= 11 is 6.76. The lowest BCUT2D eigenvalue weighted by Crippen LogP contribution is -2.10. The van der Waals surface area contributed by atoms with Gasteiger partial charge in [-0.1, -0.05) is 48.0 Å². The van der Waals surface area contributed by atoms with Crippen molar-refractivity contribution in [2.75, 3.05) is 12.3 Å². The summed E-state index contributed by atoms with van der Waals surface area (Å²) in [5.41, 5.74) is 11.2. The highest BCUT2D eigenvalue weighted by Gasteiger charge is 2.28. The third-order valence-electron chi connectivity index (χ3n) is 6.26. The Bertz CT molecular complexity index is 1390. The Morgan fingerprint density at radius 2 is 1.97 bits per heavy atom. The van der Waals surface area contributed by atoms with E-state index in [1.165, 1.54) is 0 Å². The summed E-state index contributed by atoms with van der Waals surface area (Å²) in [6, 6.07) is 19.8. The van der Waals surface area contributed by atoms with Crippen molar-refractivity contribution in [3.8, 4) is 16.9 Å². The fourth-order valence-electron chi connectivity index (χ4n) is 4.68. The van der Waals surface area contributed by atoms with Crippen LogP contribution in [0.15, 0.2) is 66.9 Å². The molecule has 0 bridgehead atoms. The molecule has 0 fully saturated rings. The van der Waals surface area contributed by atoms with E-state index in [2.05, 4.69) is 17.1 Å². The smallest absolute Gasteiger partial charge is 0.310 e. The van der Waals surface area contributed by atoms with Gasteiger partial charge >= 0.3 is 5.97 Å². The fraction of sp³-hybridized carbons (Fsp3) is 0.214. The number of esters is 1. The van der Waals surface area contributed by atoms with E-state index >= 15 is 0 Å². The van der Waals surface area contributed by atoms with Crippen molar-refractivity contribution < 1.29 is 14.3 Å². The molecule has 3 aromatic carbocycles. The highest BCUT2D eigenvalue weighted by Crippen LogP contribution is 2.43. The van der Waals surface area contributed by atoms with Gasteiger partial charge in [-0.05, 0) is 71.7 Å². The molecule has 1 aliphatic rings. The molecule has 5 nitrogen and oxygen atoms in total. The van der Waals surface area contributed by atoms with Crippen molar-refractivity contribution in [3.05, 3.63) is 88.6 Å². The minimum Gasteiger partial charge on any atom is -0.485 e. The van der Waals surface area contributed by atoms with Gasteiger partial charge in [0, 0.05) is 22.2 Å². The van der Waals surface area contributed by atoms with E-state index < -0.39 is 0 Å². The first-order valence-electron chi connectivity index (χ1n) is 11.4. The molecule has 0 saturated heterocycles. The molecule has 34 heavy (non-hydrogen) atoms. The number of carbonyl (C=O) groups excluding carboxylic acids is 1. The Morgan fingerprint density at radius 3 is 2.82 bits per heavy atom. The molecule has 0 radical (unpaired) electrons. The van der Waals surface area contributed by atoms with E-state index in [1.807, 2.05) is 48.5 Å². The number of nitrogens with two attached hydrogens (primary N) is 1. The van der Waals surface area contributed by atoms with Crippen molar-refractivity contribution in [2.24, 2.45) is 0 Å². The molecule has 0 saturated carbocycles. The lowest BCUT2D eigenvalue weighted by molar-refractivity contribution is -0.142. The number of benzene rings is 3. The predicted octanol–water partition coefficient (Wildman–Crippen LogP) is 6.31. The van der Waals surface area contributed by atoms with Crippen molar-refractivity contribution in [1.82, 2.24) is 4.98 Å². The number of fused-ring (bicyclic) bond motifs is 2. The number of hydrogen-bond donors (Lipinski definition) is 1. The molecule has 0 amide bonds. The fourth-order valence-corrected chi connectivity index (χ4v) is 5.01. The molecule has 2 N–H and O–H groups in total. The second-order valence-corrected chi connectivity index (χ2v) is 8.76. The maximum atomic E-state index is 12.1. The van der Waals surface area contributed by atoms with Gasteiger partial charge in [0.1, 0.15) is 17.7 Å². The number of hydrogen-bond acceptors (Lipinski definition) is 5. The van der Waals surface area contributed by atoms with Crippen molar-refractivity contribution in [2.45, 2.75) is 32.3 Å². The number of nitrogens with zero attached hydrogens (tertiary/aromatic N) is 1. The van der Waals surface area contributed by atoms with Gasteiger partial charge < -0.3 is 15.2 Å². The van der Waals surface area contributed by atoms with Gasteiger partial charge in [-0.25, -0.2) is 4.98 Å². The van der Waals surface area contributed by atoms with Gasteiger partial charge in [0.25, 0.3) is 0 Å². The Morgan fingerprint density at radius 1 is 1.12 bits per heavy atom. The average Bonchev–Trinajstić information content (AvgIpc) is 3.24. The first kappa shape index (κ1) is 22.2. The van der Waals surface area contributed by atoms with Crippen LogP contribution in [-0.2, 0) is 22.4 Å². The van der Waals surface area contributed by atoms with E-state index in [0.717, 1.165) is 56.5 Å². The topological polar surface area (TPSA) is 74.4 Å². The van der Waals surface area contributed by atoms with Crippen LogP contribution in [0.3, 0.4) is 0 Å². The van der Waals surface area contributed by atoms with Gasteiger partial charge in [0.15, 0.2) is 0 Å². The molecule has 1 aliphatic carbocycles. The van der Waals surface area contributed by atoms with Gasteiger partial charge in [-0.15, -0.1) is 0 Å². The van der Waals surface area contributed by atoms with Crippen molar-refractivity contribution in [3.63, 3.8) is 0 Å². The maximum absolute atomic E-state index is 12.1. The molecule has 4 aromatic rings. The van der Waals surface area contributed by atoms with Crippen molar-refractivity contribution >= 4 is 34.2 Å². The Balaban J connectivity index is 1.51. The summed E-state index contributed by atoms with van der Waals surface area (Å²) in [6.45, 7) is 2.16. The van der Waals surface area contributed by atoms with Crippen LogP contribution >= 0.6 is 11.6 Å². The van der Waals surface area contributed by atoms with Crippen LogP contribution in [0, 0.1) is 0 Å². The lowest BCUT2D eigenvalue weighted by Gasteiger charge is -2.19. The minimum atomic E-state index is -0.263. The van der Waals surface area contributed by atoms with Gasteiger partial charge in [0.2, 0.25) is 0 Å². The predicted molar refractivity (Wildman–Crippen MR) is 135 cm³/mol. The largest absolute Gasteiger partial charge is 0.485 e. The zero-order chi connectivity index (χ0) is 23.7. The SMILES string of the molecule is CCOC(=O)Cc1ccccc1OC1CCc2c(Cl)cc(-c3cccc4c(N)nccc34)cc21. The van der Waals surface area contributed by atoms with E-state index in [9.17, 15) is 4.79 Å². The summed E-state index contributed by atoms with van der Waals surface area (Å²) in [7, 11) is 0. The molecule has 6 heteroatoms. The monoisotopic (exact) mass is 472 g/mol. The average molecular weight is 473 g/mol. The number of nitrogen functional groups attached to an aromatic ring is 1. The number of halogens is 1. The van der Waals surface area contributed by atoms with E-state index in [4.69, 9.17) is 26.8 Å². The van der Waals surface area contributed by atoms with Crippen LogP contribution in [0.2, 0.25) is 5.02 Å². The van der Waals surface area contributed by atoms with Crippen LogP contribution in [-0.4, -0.2) is 17.6 Å². The molecule has 1 unspecified atom stereocenters. The van der Waals surface area contributed by atoms with Crippen LogP contribution in [0.1, 0.15) is 36.1 Å². The highest BCUT2D eigenvalue weighted by molar-refractivity contribution is 6.32. The molecule has 0 aliphatic heterocycles. The maximum Gasteiger partial charge on any atom is 0.310 e. The number of ether oxygens (including phenoxy) is 2. The second-order valence-electron chi connectivity index (χ2n) is 8.36. The molecule has 1 heterocycles. The zero-order valence-corrected chi connectivity index (χ0v) is 19.6. The van der Waals surface area contributed by atoms with Crippen LogP contribution < -0.4 is 10.5 Å². The lowest BCUT2D eigenvalue weighted by atomic mass is 9.96. The highest BCUT2D eigenvalue weighted by atomic mass is 35.5. The summed E-state index contributed by atoms with van der Waals surface area (Å²) < 4.78 is 11.6. The number of para-hydroxylation sites is 1. The Labute approximate surface area is 203 Å². The van der Waals surface area contributed by atoms with Gasteiger partial charge in [0.05, 0.1) is 13.0 Å². The van der Waals surface area contributed by atoms with E-state index in [-0.39, 0.29) is 18.5 Å². The third-order valence-corrected chi connectivity index (χ3v) is 6.60. The molecule has 0 spiro atoms. The molecule has 1 atom stereocenters. The molecule has 172 valence electrons. The minimum absolute atomic E-state index is 0.155. The van der Waals surface area contributed by atoms with E-state index in [0.29, 0.717) is 18.2 Å². The summed E-state index contributed by atoms with van der Waals surface area (Å²) in [5, 5.41) is 2.68. The Kier molecular flexibility index (Phi) is 6.12. The zero-order valence-electron chi connectivity index (χ0n) is 18.9. The van der Waals surface area contributed by atoms with Crippen molar-refractivity contribution in [1.29, 1.82) is 0 Å². The Hall–Kier alpha value is -3.57.